The summed E-state index contributed by atoms with van der Waals surface area (Å²) >= 11 is 0. The van der Waals surface area contributed by atoms with Crippen molar-refractivity contribution in [3.8, 4) is 0 Å². The molecule has 1 aliphatic carbocycles. The highest BCUT2D eigenvalue weighted by molar-refractivity contribution is 7.89. The second-order valence-electron chi connectivity index (χ2n) is 4.76. The van der Waals surface area contributed by atoms with Crippen LogP contribution >= 0.6 is 12.4 Å². The van der Waals surface area contributed by atoms with Gasteiger partial charge in [-0.3, -0.25) is 0 Å². The number of nitrogens with zero attached hydrogens (tertiary/aromatic N) is 1. The van der Waals surface area contributed by atoms with Crippen molar-refractivity contribution in [1.82, 2.24) is 9.62 Å². The van der Waals surface area contributed by atoms with Crippen LogP contribution in [0.4, 0.5) is 0 Å². The van der Waals surface area contributed by atoms with Gasteiger partial charge in [-0.15, -0.1) is 12.4 Å². The third-order valence-corrected chi connectivity index (χ3v) is 5.08. The van der Waals surface area contributed by atoms with Crippen LogP contribution in [0.3, 0.4) is 0 Å². The van der Waals surface area contributed by atoms with Gasteiger partial charge < -0.3 is 5.32 Å². The van der Waals surface area contributed by atoms with Crippen LogP contribution in [-0.2, 0) is 10.0 Å². The first-order valence-corrected chi connectivity index (χ1v) is 7.40. The first kappa shape index (κ1) is 14.2. The van der Waals surface area contributed by atoms with E-state index in [4.69, 9.17) is 0 Å². The van der Waals surface area contributed by atoms with Crippen LogP contribution in [0, 0.1) is 5.92 Å². The van der Waals surface area contributed by atoms with Crippen molar-refractivity contribution < 1.29 is 8.42 Å². The molecule has 0 spiro atoms. The van der Waals surface area contributed by atoms with Gasteiger partial charge in [-0.25, -0.2) is 8.42 Å². The first-order chi connectivity index (χ1) is 7.08. The Kier molecular flexibility index (Phi) is 5.04. The van der Waals surface area contributed by atoms with Crippen molar-refractivity contribution in [2.75, 3.05) is 25.4 Å². The fourth-order valence-electron chi connectivity index (χ4n) is 2.00. The summed E-state index contributed by atoms with van der Waals surface area (Å²) in [6.07, 6.45) is 3.32. The van der Waals surface area contributed by atoms with E-state index in [1.54, 1.807) is 4.31 Å². The lowest BCUT2D eigenvalue weighted by Crippen LogP contribution is -2.51. The molecule has 0 radical (unpaired) electrons. The summed E-state index contributed by atoms with van der Waals surface area (Å²) in [5.41, 5.74) is 0. The summed E-state index contributed by atoms with van der Waals surface area (Å²) in [6, 6.07) is 0.287. The summed E-state index contributed by atoms with van der Waals surface area (Å²) in [6.45, 7) is 4.08. The minimum absolute atomic E-state index is 0. The number of nitrogens with one attached hydrogen (secondary N) is 1. The quantitative estimate of drug-likeness (QED) is 0.822. The minimum Gasteiger partial charge on any atom is -0.312 e. The van der Waals surface area contributed by atoms with Crippen LogP contribution in [-0.4, -0.2) is 44.2 Å². The zero-order valence-corrected chi connectivity index (χ0v) is 11.3. The molecule has 1 heterocycles. The maximum absolute atomic E-state index is 12.0. The second kappa shape index (κ2) is 5.67. The van der Waals surface area contributed by atoms with E-state index < -0.39 is 10.0 Å². The molecule has 16 heavy (non-hydrogen) atoms. The highest BCUT2D eigenvalue weighted by Gasteiger charge is 2.29. The molecule has 4 nitrogen and oxygen atoms in total. The van der Waals surface area contributed by atoms with Crippen LogP contribution in [0.5, 0.6) is 0 Å². The molecule has 0 bridgehead atoms. The van der Waals surface area contributed by atoms with Crippen molar-refractivity contribution in [1.29, 1.82) is 0 Å². The molecule has 1 atom stereocenters. The van der Waals surface area contributed by atoms with E-state index >= 15 is 0 Å². The predicted octanol–water partition coefficient (Wildman–Crippen LogP) is 0.832. The van der Waals surface area contributed by atoms with Gasteiger partial charge in [-0.05, 0) is 19.3 Å². The SMILES string of the molecule is C[C@@H]1CN(S(=O)(=O)CCC2CC2)CCN1.Cl. The van der Waals surface area contributed by atoms with E-state index in [2.05, 4.69) is 5.32 Å². The van der Waals surface area contributed by atoms with Gasteiger partial charge in [0.1, 0.15) is 0 Å². The number of sulfonamides is 1. The summed E-state index contributed by atoms with van der Waals surface area (Å²) in [4.78, 5) is 0. The molecule has 2 aliphatic rings. The summed E-state index contributed by atoms with van der Waals surface area (Å²) in [5.74, 6) is 1.05. The van der Waals surface area contributed by atoms with E-state index in [0.29, 0.717) is 24.8 Å². The van der Waals surface area contributed by atoms with Crippen molar-refractivity contribution in [2.45, 2.75) is 32.2 Å². The van der Waals surface area contributed by atoms with Crippen LogP contribution in [0.15, 0.2) is 0 Å². The van der Waals surface area contributed by atoms with E-state index in [0.717, 1.165) is 13.0 Å². The van der Waals surface area contributed by atoms with Gasteiger partial charge in [0.15, 0.2) is 0 Å². The van der Waals surface area contributed by atoms with Gasteiger partial charge in [-0.1, -0.05) is 12.8 Å². The Morgan fingerprint density at radius 3 is 2.62 bits per heavy atom. The third-order valence-electron chi connectivity index (χ3n) is 3.21. The van der Waals surface area contributed by atoms with Crippen molar-refractivity contribution in [2.24, 2.45) is 5.92 Å². The Balaban J connectivity index is 0.00000128. The number of hydrogen-bond donors (Lipinski definition) is 1. The molecule has 2 rings (SSSR count). The Morgan fingerprint density at radius 2 is 2.06 bits per heavy atom. The molecule has 1 aliphatic heterocycles. The van der Waals surface area contributed by atoms with E-state index in [1.807, 2.05) is 6.92 Å². The predicted molar refractivity (Wildman–Crippen MR) is 67.4 cm³/mol. The van der Waals surface area contributed by atoms with Gasteiger partial charge in [0.05, 0.1) is 5.75 Å². The highest BCUT2D eigenvalue weighted by Crippen LogP contribution is 2.32. The van der Waals surface area contributed by atoms with E-state index in [9.17, 15) is 8.42 Å². The first-order valence-electron chi connectivity index (χ1n) is 5.79. The van der Waals surface area contributed by atoms with Crippen molar-refractivity contribution in [3.63, 3.8) is 0 Å². The summed E-state index contributed by atoms with van der Waals surface area (Å²) in [7, 11) is -2.98. The highest BCUT2D eigenvalue weighted by atomic mass is 35.5. The lowest BCUT2D eigenvalue weighted by molar-refractivity contribution is 0.310. The average molecular weight is 269 g/mol. The van der Waals surface area contributed by atoms with E-state index in [1.165, 1.54) is 12.8 Å². The monoisotopic (exact) mass is 268 g/mol. The fourth-order valence-corrected chi connectivity index (χ4v) is 3.71. The second-order valence-corrected chi connectivity index (χ2v) is 6.85. The van der Waals surface area contributed by atoms with Gasteiger partial charge in [0, 0.05) is 25.7 Å². The normalized spacial score (nSPS) is 27.4. The number of rotatable bonds is 4. The van der Waals surface area contributed by atoms with Crippen LogP contribution in [0.1, 0.15) is 26.2 Å². The third kappa shape index (κ3) is 3.87. The summed E-state index contributed by atoms with van der Waals surface area (Å²) in [5, 5.41) is 3.26. The average Bonchev–Trinajstić information content (AvgIpc) is 2.98. The number of piperazine rings is 1. The molecule has 0 amide bonds. The standard InChI is InChI=1S/C10H20N2O2S.ClH/c1-9-8-12(6-5-11-9)15(13,14)7-4-10-2-3-10;/h9-11H,2-8H2,1H3;1H/t9-;/m1./s1. The van der Waals surface area contributed by atoms with Gasteiger partial charge in [0.2, 0.25) is 10.0 Å². The van der Waals surface area contributed by atoms with Crippen molar-refractivity contribution >= 4 is 22.4 Å². The molecular weight excluding hydrogens is 248 g/mol. The number of hydrogen-bond acceptors (Lipinski definition) is 3. The van der Waals surface area contributed by atoms with Gasteiger partial charge in [0.25, 0.3) is 0 Å². The minimum atomic E-state index is -2.98. The lowest BCUT2D eigenvalue weighted by atomic mass is 10.3. The maximum atomic E-state index is 12.0. The van der Waals surface area contributed by atoms with Gasteiger partial charge >= 0.3 is 0 Å². The molecule has 0 aromatic carbocycles. The fraction of sp³-hybridized carbons (Fsp3) is 1.00. The Bertz CT molecular complexity index is 317. The maximum Gasteiger partial charge on any atom is 0.214 e. The van der Waals surface area contributed by atoms with Crippen LogP contribution in [0.2, 0.25) is 0 Å². The molecule has 0 aromatic heterocycles. The Morgan fingerprint density at radius 1 is 1.38 bits per heavy atom. The molecular formula is C10H21ClN2O2S. The molecule has 1 N–H and O–H groups in total. The smallest absolute Gasteiger partial charge is 0.214 e. The summed E-state index contributed by atoms with van der Waals surface area (Å²) < 4.78 is 25.6. The van der Waals surface area contributed by atoms with Crippen LogP contribution in [0.25, 0.3) is 0 Å². The van der Waals surface area contributed by atoms with Crippen LogP contribution < -0.4 is 5.32 Å². The zero-order valence-electron chi connectivity index (χ0n) is 9.68. The molecule has 96 valence electrons. The zero-order chi connectivity index (χ0) is 10.9. The van der Waals surface area contributed by atoms with Crippen molar-refractivity contribution in [3.05, 3.63) is 0 Å². The largest absolute Gasteiger partial charge is 0.312 e. The Labute approximate surface area is 104 Å². The molecule has 6 heteroatoms. The molecule has 0 aromatic rings. The van der Waals surface area contributed by atoms with E-state index in [-0.39, 0.29) is 18.4 Å². The molecule has 1 saturated carbocycles. The number of halogens is 1. The topological polar surface area (TPSA) is 49.4 Å². The molecule has 1 saturated heterocycles. The molecule has 0 unspecified atom stereocenters. The van der Waals surface area contributed by atoms with Gasteiger partial charge in [-0.2, -0.15) is 4.31 Å². The molecule has 2 fully saturated rings. The lowest BCUT2D eigenvalue weighted by Gasteiger charge is -2.31. The Hall–Kier alpha value is 0.160.